The minimum absolute atomic E-state index is 0.142. The average molecular weight is 407 g/mol. The molecule has 156 valence electrons. The molecule has 0 aliphatic heterocycles. The van der Waals surface area contributed by atoms with Crippen LogP contribution < -0.4 is 10.9 Å². The highest BCUT2D eigenvalue weighted by Gasteiger charge is 2.20. The fourth-order valence-corrected chi connectivity index (χ4v) is 3.33. The van der Waals surface area contributed by atoms with Crippen molar-refractivity contribution in [1.29, 1.82) is 0 Å². The number of amides is 1. The van der Waals surface area contributed by atoms with Gasteiger partial charge in [-0.25, -0.2) is 5.10 Å². The number of benzene rings is 2. The second kappa shape index (κ2) is 9.82. The standard InChI is InChI=1S/C23H25N3O4/c1-3-16(17-9-5-4-6-10-17)14-24-22(28)15(2)30-21(27)13-20-18-11-7-8-12-19(18)23(29)26-25-20/h4-12,15-16H,3,13-14H2,1-2H3,(H,24,28)(H,26,29)/t15-,16-/m1/s1. The fourth-order valence-electron chi connectivity index (χ4n) is 3.33. The Balaban J connectivity index is 1.57. The lowest BCUT2D eigenvalue weighted by atomic mass is 9.96. The number of H-pyrrole nitrogens is 1. The number of ether oxygens (including phenoxy) is 1. The first-order chi connectivity index (χ1) is 14.5. The van der Waals surface area contributed by atoms with Gasteiger partial charge in [-0.05, 0) is 25.0 Å². The Hall–Kier alpha value is -3.48. The highest BCUT2D eigenvalue weighted by atomic mass is 16.5. The lowest BCUT2D eigenvalue weighted by Gasteiger charge is -2.18. The Bertz CT molecular complexity index is 1080. The van der Waals surface area contributed by atoms with Crippen LogP contribution in [0.2, 0.25) is 0 Å². The van der Waals surface area contributed by atoms with E-state index in [1.807, 2.05) is 30.3 Å². The maximum Gasteiger partial charge on any atom is 0.312 e. The van der Waals surface area contributed by atoms with E-state index in [0.29, 0.717) is 23.0 Å². The summed E-state index contributed by atoms with van der Waals surface area (Å²) in [6, 6.07) is 16.9. The molecule has 0 unspecified atom stereocenters. The zero-order chi connectivity index (χ0) is 21.5. The van der Waals surface area contributed by atoms with E-state index in [2.05, 4.69) is 22.4 Å². The number of nitrogens with one attached hydrogen (secondary N) is 2. The summed E-state index contributed by atoms with van der Waals surface area (Å²) in [5, 5.41) is 10.2. The van der Waals surface area contributed by atoms with Crippen LogP contribution in [-0.2, 0) is 20.7 Å². The summed E-state index contributed by atoms with van der Waals surface area (Å²) in [5.41, 5.74) is 1.23. The molecule has 0 aliphatic carbocycles. The molecule has 0 saturated heterocycles. The first-order valence-electron chi connectivity index (χ1n) is 9.98. The number of esters is 1. The molecule has 0 spiro atoms. The average Bonchev–Trinajstić information content (AvgIpc) is 2.77. The van der Waals surface area contributed by atoms with E-state index in [1.54, 1.807) is 24.3 Å². The maximum atomic E-state index is 12.4. The lowest BCUT2D eigenvalue weighted by molar-refractivity contribution is -0.154. The summed E-state index contributed by atoms with van der Waals surface area (Å²) in [4.78, 5) is 36.6. The summed E-state index contributed by atoms with van der Waals surface area (Å²) in [5.74, 6) is -0.746. The summed E-state index contributed by atoms with van der Waals surface area (Å²) in [6.07, 6.45) is -0.195. The maximum absolute atomic E-state index is 12.4. The van der Waals surface area contributed by atoms with Crippen molar-refractivity contribution in [2.45, 2.75) is 38.7 Å². The number of hydrogen-bond donors (Lipinski definition) is 2. The molecular formula is C23H25N3O4. The number of carbonyl (C=O) groups is 2. The molecule has 1 aromatic heterocycles. The van der Waals surface area contributed by atoms with Gasteiger partial charge in [0.15, 0.2) is 6.10 Å². The molecule has 3 rings (SSSR count). The van der Waals surface area contributed by atoms with Crippen molar-refractivity contribution >= 4 is 22.6 Å². The van der Waals surface area contributed by atoms with E-state index in [9.17, 15) is 14.4 Å². The first kappa shape index (κ1) is 21.2. The van der Waals surface area contributed by atoms with Gasteiger partial charge in [-0.3, -0.25) is 14.4 Å². The van der Waals surface area contributed by atoms with E-state index in [1.165, 1.54) is 6.92 Å². The SMILES string of the molecule is CC[C@H](CNC(=O)[C@@H](C)OC(=O)Cc1n[nH]c(=O)c2ccccc12)c1ccccc1. The van der Waals surface area contributed by atoms with Crippen molar-refractivity contribution in [2.24, 2.45) is 0 Å². The van der Waals surface area contributed by atoms with Crippen LogP contribution in [0.25, 0.3) is 10.8 Å². The second-order valence-electron chi connectivity index (χ2n) is 7.11. The van der Waals surface area contributed by atoms with Gasteiger partial charge in [0.2, 0.25) is 0 Å². The van der Waals surface area contributed by atoms with Gasteiger partial charge in [0.1, 0.15) is 0 Å². The van der Waals surface area contributed by atoms with E-state index in [4.69, 9.17) is 4.74 Å². The van der Waals surface area contributed by atoms with Crippen molar-refractivity contribution in [3.05, 3.63) is 76.2 Å². The van der Waals surface area contributed by atoms with Gasteiger partial charge in [-0.15, -0.1) is 0 Å². The van der Waals surface area contributed by atoms with Gasteiger partial charge in [0.05, 0.1) is 17.5 Å². The number of fused-ring (bicyclic) bond motifs is 1. The molecule has 3 aromatic rings. The normalized spacial score (nSPS) is 12.9. The molecular weight excluding hydrogens is 382 g/mol. The van der Waals surface area contributed by atoms with E-state index in [-0.39, 0.29) is 23.8 Å². The van der Waals surface area contributed by atoms with Gasteiger partial charge in [0.25, 0.3) is 11.5 Å². The Morgan fingerprint density at radius 3 is 2.43 bits per heavy atom. The van der Waals surface area contributed by atoms with Crippen LogP contribution in [0, 0.1) is 0 Å². The molecule has 1 heterocycles. The monoisotopic (exact) mass is 407 g/mol. The van der Waals surface area contributed by atoms with Gasteiger partial charge in [-0.2, -0.15) is 5.10 Å². The summed E-state index contributed by atoms with van der Waals surface area (Å²) in [6.45, 7) is 4.07. The second-order valence-corrected chi connectivity index (χ2v) is 7.11. The largest absolute Gasteiger partial charge is 0.452 e. The molecule has 30 heavy (non-hydrogen) atoms. The van der Waals surface area contributed by atoms with Gasteiger partial charge < -0.3 is 10.1 Å². The third kappa shape index (κ3) is 5.11. The molecule has 1 amide bonds. The molecule has 0 saturated carbocycles. The molecule has 7 heteroatoms. The number of rotatable bonds is 8. The minimum Gasteiger partial charge on any atom is -0.452 e. The molecule has 2 aromatic carbocycles. The minimum atomic E-state index is -0.931. The van der Waals surface area contributed by atoms with Crippen LogP contribution in [0.1, 0.15) is 37.4 Å². The van der Waals surface area contributed by atoms with E-state index < -0.39 is 12.1 Å². The van der Waals surface area contributed by atoms with Crippen molar-refractivity contribution in [1.82, 2.24) is 15.5 Å². The van der Waals surface area contributed by atoms with Crippen molar-refractivity contribution in [3.63, 3.8) is 0 Å². The van der Waals surface area contributed by atoms with E-state index in [0.717, 1.165) is 12.0 Å². The van der Waals surface area contributed by atoms with E-state index >= 15 is 0 Å². The van der Waals surface area contributed by atoms with Crippen molar-refractivity contribution < 1.29 is 14.3 Å². The zero-order valence-corrected chi connectivity index (χ0v) is 17.1. The number of aromatic amines is 1. The summed E-state index contributed by atoms with van der Waals surface area (Å²) >= 11 is 0. The van der Waals surface area contributed by atoms with Crippen LogP contribution in [-0.4, -0.2) is 34.7 Å². The van der Waals surface area contributed by atoms with Crippen LogP contribution in [0.15, 0.2) is 59.4 Å². The number of nitrogens with zero attached hydrogens (tertiary/aromatic N) is 1. The first-order valence-corrected chi connectivity index (χ1v) is 9.98. The van der Waals surface area contributed by atoms with Crippen LogP contribution >= 0.6 is 0 Å². The van der Waals surface area contributed by atoms with Gasteiger partial charge in [0, 0.05) is 17.8 Å². The molecule has 7 nitrogen and oxygen atoms in total. The number of hydrogen-bond acceptors (Lipinski definition) is 5. The zero-order valence-electron chi connectivity index (χ0n) is 17.1. The smallest absolute Gasteiger partial charge is 0.312 e. The van der Waals surface area contributed by atoms with Crippen LogP contribution in [0.4, 0.5) is 0 Å². The predicted molar refractivity (Wildman–Crippen MR) is 114 cm³/mol. The Labute approximate surface area is 174 Å². The quantitative estimate of drug-likeness (QED) is 0.559. The van der Waals surface area contributed by atoms with Gasteiger partial charge in [-0.1, -0.05) is 55.5 Å². The molecule has 2 atom stereocenters. The lowest BCUT2D eigenvalue weighted by Crippen LogP contribution is -2.38. The Morgan fingerprint density at radius 1 is 1.07 bits per heavy atom. The fraction of sp³-hybridized carbons (Fsp3) is 0.304. The van der Waals surface area contributed by atoms with Crippen molar-refractivity contribution in [2.75, 3.05) is 6.54 Å². The van der Waals surface area contributed by atoms with Crippen LogP contribution in [0.3, 0.4) is 0 Å². The molecule has 0 fully saturated rings. The summed E-state index contributed by atoms with van der Waals surface area (Å²) < 4.78 is 5.28. The third-order valence-corrected chi connectivity index (χ3v) is 5.05. The highest BCUT2D eigenvalue weighted by Crippen LogP contribution is 2.18. The van der Waals surface area contributed by atoms with Crippen LogP contribution in [0.5, 0.6) is 0 Å². The summed E-state index contributed by atoms with van der Waals surface area (Å²) in [7, 11) is 0. The topological polar surface area (TPSA) is 101 Å². The Kier molecular flexibility index (Phi) is 6.95. The molecule has 0 bridgehead atoms. The molecule has 0 aliphatic rings. The number of aromatic nitrogens is 2. The van der Waals surface area contributed by atoms with Gasteiger partial charge >= 0.3 is 5.97 Å². The number of carbonyl (C=O) groups excluding carboxylic acids is 2. The molecule has 2 N–H and O–H groups in total. The third-order valence-electron chi connectivity index (χ3n) is 5.05. The van der Waals surface area contributed by atoms with Crippen molar-refractivity contribution in [3.8, 4) is 0 Å². The Morgan fingerprint density at radius 2 is 1.73 bits per heavy atom. The highest BCUT2D eigenvalue weighted by molar-refractivity contribution is 5.88. The predicted octanol–water partition coefficient (Wildman–Crippen LogP) is 2.71. The molecule has 0 radical (unpaired) electrons.